The van der Waals surface area contributed by atoms with Crippen molar-refractivity contribution in [3.8, 4) is 0 Å². The number of piperidine rings is 1. The number of aromatic nitrogens is 2. The molecule has 2 aromatic carbocycles. The number of likely N-dealkylation sites (tertiary alicyclic amines) is 1. The van der Waals surface area contributed by atoms with E-state index < -0.39 is 16.1 Å². The minimum Gasteiger partial charge on any atom is -0.396 e. The number of nitrogens with zero attached hydrogens (tertiary/aromatic N) is 2. The summed E-state index contributed by atoms with van der Waals surface area (Å²) in [5.41, 5.74) is 8.38. The van der Waals surface area contributed by atoms with Gasteiger partial charge in [0, 0.05) is 13.1 Å². The van der Waals surface area contributed by atoms with Gasteiger partial charge in [-0.05, 0) is 54.5 Å². The van der Waals surface area contributed by atoms with Crippen LogP contribution in [-0.2, 0) is 21.2 Å². The predicted octanol–water partition coefficient (Wildman–Crippen LogP) is 3.99. The van der Waals surface area contributed by atoms with E-state index in [9.17, 15) is 13.2 Å². The molecule has 2 heterocycles. The molecule has 4 N–H and O–H groups in total. The summed E-state index contributed by atoms with van der Waals surface area (Å²) in [4.78, 5) is 22.4. The van der Waals surface area contributed by atoms with E-state index in [0.29, 0.717) is 13.1 Å². The molecule has 0 aliphatic carbocycles. The van der Waals surface area contributed by atoms with Crippen molar-refractivity contribution in [2.75, 3.05) is 18.8 Å². The summed E-state index contributed by atoms with van der Waals surface area (Å²) >= 11 is 12.1. The molecule has 0 bridgehead atoms. The molecule has 1 fully saturated rings. The number of nitrogen functional groups attached to an aromatic ring is 1. The summed E-state index contributed by atoms with van der Waals surface area (Å²) in [7, 11) is -4.12. The molecule has 8 nitrogen and oxygen atoms in total. The number of anilines is 1. The van der Waals surface area contributed by atoms with Crippen LogP contribution < -0.4 is 10.5 Å². The number of fused-ring (bicyclic) bond motifs is 1. The van der Waals surface area contributed by atoms with Gasteiger partial charge in [-0.25, -0.2) is 13.4 Å². The fourth-order valence-electron chi connectivity index (χ4n) is 4.04. The lowest BCUT2D eigenvalue weighted by Crippen LogP contribution is -2.52. The van der Waals surface area contributed by atoms with E-state index in [-0.39, 0.29) is 38.4 Å². The monoisotopic (exact) mass is 523 g/mol. The molecular weight excluding hydrogens is 497 g/mol. The van der Waals surface area contributed by atoms with Gasteiger partial charge in [-0.15, -0.1) is 0 Å². The fourth-order valence-corrected chi connectivity index (χ4v) is 5.90. The standard InChI is InChI=1S/C23H27Cl2N5O3S/c1-23(2)5-7-30(8-6-23)22(31)20(10-14-3-4-18-19(9-14)28-13-27-18)29-34(32,33)15-11-16(24)21(26)17(25)12-15/h3-4,9,11-13,20,29H,5-8,10,26H2,1-2H3,(H,27,28). The number of sulfonamides is 1. The van der Waals surface area contributed by atoms with Crippen molar-refractivity contribution in [3.05, 3.63) is 52.3 Å². The maximum atomic E-state index is 13.5. The van der Waals surface area contributed by atoms with Crippen LogP contribution in [0.3, 0.4) is 0 Å². The maximum Gasteiger partial charge on any atom is 0.241 e. The molecule has 34 heavy (non-hydrogen) atoms. The van der Waals surface area contributed by atoms with Crippen LogP contribution in [0.2, 0.25) is 10.0 Å². The zero-order chi connectivity index (χ0) is 24.7. The Hall–Kier alpha value is -2.33. The summed E-state index contributed by atoms with van der Waals surface area (Å²) in [6, 6.07) is 6.99. The van der Waals surface area contributed by atoms with Crippen LogP contribution in [0.25, 0.3) is 11.0 Å². The van der Waals surface area contributed by atoms with Gasteiger partial charge in [-0.1, -0.05) is 43.1 Å². The first-order valence-corrected chi connectivity index (χ1v) is 13.2. The number of amides is 1. The van der Waals surface area contributed by atoms with Gasteiger partial charge in [0.05, 0.1) is 38.0 Å². The number of rotatable bonds is 6. The molecule has 11 heteroatoms. The molecule has 1 amide bonds. The highest BCUT2D eigenvalue weighted by Gasteiger charge is 2.34. The molecule has 182 valence electrons. The molecular formula is C23H27Cl2N5O3S. The zero-order valence-electron chi connectivity index (χ0n) is 18.9. The van der Waals surface area contributed by atoms with Crippen LogP contribution in [0.15, 0.2) is 41.6 Å². The van der Waals surface area contributed by atoms with E-state index in [4.69, 9.17) is 28.9 Å². The molecule has 1 aliphatic heterocycles. The average molecular weight is 524 g/mol. The Morgan fingerprint density at radius 1 is 1.21 bits per heavy atom. The van der Waals surface area contributed by atoms with Crippen LogP contribution in [0, 0.1) is 5.41 Å². The van der Waals surface area contributed by atoms with Gasteiger partial charge in [0.1, 0.15) is 6.04 Å². The van der Waals surface area contributed by atoms with Crippen LogP contribution >= 0.6 is 23.2 Å². The van der Waals surface area contributed by atoms with Gasteiger partial charge in [0.25, 0.3) is 0 Å². The van der Waals surface area contributed by atoms with E-state index >= 15 is 0 Å². The number of carbonyl (C=O) groups is 1. The molecule has 0 saturated carbocycles. The molecule has 1 aliphatic rings. The molecule has 3 aromatic rings. The number of carbonyl (C=O) groups excluding carboxylic acids is 1. The number of nitrogens with two attached hydrogens (primary N) is 1. The molecule has 4 rings (SSSR count). The lowest BCUT2D eigenvalue weighted by molar-refractivity contribution is -0.135. The first-order chi connectivity index (χ1) is 15.9. The lowest BCUT2D eigenvalue weighted by atomic mass is 9.82. The topological polar surface area (TPSA) is 121 Å². The van der Waals surface area contributed by atoms with Crippen molar-refractivity contribution < 1.29 is 13.2 Å². The van der Waals surface area contributed by atoms with E-state index in [2.05, 4.69) is 28.5 Å². The number of aromatic amines is 1. The minimum absolute atomic E-state index is 0.0259. The third-order valence-electron chi connectivity index (χ3n) is 6.31. The van der Waals surface area contributed by atoms with Gasteiger partial charge in [0.2, 0.25) is 15.9 Å². The highest BCUT2D eigenvalue weighted by Crippen LogP contribution is 2.32. The Morgan fingerprint density at radius 2 is 1.85 bits per heavy atom. The Bertz CT molecular complexity index is 1310. The van der Waals surface area contributed by atoms with Gasteiger partial charge in [-0.3, -0.25) is 4.79 Å². The number of imidazole rings is 1. The second-order valence-electron chi connectivity index (χ2n) is 9.42. The van der Waals surface area contributed by atoms with E-state index in [1.54, 1.807) is 11.2 Å². The first-order valence-electron chi connectivity index (χ1n) is 10.9. The second-order valence-corrected chi connectivity index (χ2v) is 12.0. The molecule has 1 unspecified atom stereocenters. The minimum atomic E-state index is -4.12. The van der Waals surface area contributed by atoms with E-state index in [1.807, 2.05) is 18.2 Å². The highest BCUT2D eigenvalue weighted by atomic mass is 35.5. The largest absolute Gasteiger partial charge is 0.396 e. The normalized spacial score (nSPS) is 17.1. The summed E-state index contributed by atoms with van der Waals surface area (Å²) in [6.45, 7) is 5.48. The summed E-state index contributed by atoms with van der Waals surface area (Å²) < 4.78 is 29.1. The lowest BCUT2D eigenvalue weighted by Gasteiger charge is -2.38. The zero-order valence-corrected chi connectivity index (χ0v) is 21.3. The van der Waals surface area contributed by atoms with Crippen molar-refractivity contribution in [3.63, 3.8) is 0 Å². The quantitative estimate of drug-likeness (QED) is 0.421. The summed E-state index contributed by atoms with van der Waals surface area (Å²) in [6.07, 6.45) is 3.45. The van der Waals surface area contributed by atoms with Crippen LogP contribution in [0.5, 0.6) is 0 Å². The second kappa shape index (κ2) is 9.37. The molecule has 0 radical (unpaired) electrons. The van der Waals surface area contributed by atoms with Gasteiger partial charge in [0.15, 0.2) is 0 Å². The predicted molar refractivity (Wildman–Crippen MR) is 134 cm³/mol. The van der Waals surface area contributed by atoms with Gasteiger partial charge >= 0.3 is 0 Å². The average Bonchev–Trinajstić information content (AvgIpc) is 3.24. The summed E-state index contributed by atoms with van der Waals surface area (Å²) in [5, 5.41) is 0.0518. The SMILES string of the molecule is CC1(C)CCN(C(=O)C(Cc2ccc3[nH]cnc3c2)NS(=O)(=O)c2cc(Cl)c(N)c(Cl)c2)CC1. The highest BCUT2D eigenvalue weighted by molar-refractivity contribution is 7.89. The first kappa shape index (κ1) is 24.8. The fraction of sp³-hybridized carbons (Fsp3) is 0.391. The van der Waals surface area contributed by atoms with E-state index in [1.165, 1.54) is 12.1 Å². The van der Waals surface area contributed by atoms with E-state index in [0.717, 1.165) is 29.4 Å². The van der Waals surface area contributed by atoms with Crippen LogP contribution in [0.4, 0.5) is 5.69 Å². The van der Waals surface area contributed by atoms with Crippen molar-refractivity contribution in [2.24, 2.45) is 5.41 Å². The van der Waals surface area contributed by atoms with Crippen molar-refractivity contribution in [1.29, 1.82) is 0 Å². The van der Waals surface area contributed by atoms with Crippen molar-refractivity contribution in [2.45, 2.75) is 44.0 Å². The molecule has 1 atom stereocenters. The molecule has 1 aromatic heterocycles. The smallest absolute Gasteiger partial charge is 0.241 e. The third kappa shape index (κ3) is 5.33. The van der Waals surface area contributed by atoms with Crippen molar-refractivity contribution >= 4 is 55.9 Å². The number of hydrogen-bond donors (Lipinski definition) is 3. The summed E-state index contributed by atoms with van der Waals surface area (Å²) in [5.74, 6) is -0.270. The Labute approximate surface area is 208 Å². The molecule has 1 saturated heterocycles. The Balaban J connectivity index is 1.64. The van der Waals surface area contributed by atoms with Gasteiger partial charge in [-0.2, -0.15) is 4.72 Å². The Morgan fingerprint density at radius 3 is 2.50 bits per heavy atom. The number of halogens is 2. The Kier molecular flexibility index (Phi) is 6.83. The number of H-pyrrole nitrogens is 1. The number of nitrogens with one attached hydrogen (secondary N) is 2. The molecule has 0 spiro atoms. The van der Waals surface area contributed by atoms with Crippen molar-refractivity contribution in [1.82, 2.24) is 19.6 Å². The van der Waals surface area contributed by atoms with Gasteiger partial charge < -0.3 is 15.6 Å². The van der Waals surface area contributed by atoms with Crippen LogP contribution in [-0.4, -0.2) is 48.3 Å². The third-order valence-corrected chi connectivity index (χ3v) is 8.39. The number of hydrogen-bond acceptors (Lipinski definition) is 5. The maximum absolute atomic E-state index is 13.5. The van der Waals surface area contributed by atoms with Crippen LogP contribution in [0.1, 0.15) is 32.3 Å². The number of benzene rings is 2.